The number of hydrazone groups is 1. The molecule has 1 aliphatic heterocycles. The molecule has 0 saturated heterocycles. The van der Waals surface area contributed by atoms with Gasteiger partial charge in [-0.05, 0) is 72.3 Å². The topological polar surface area (TPSA) is 78.0 Å². The highest BCUT2D eigenvalue weighted by Gasteiger charge is 2.34. The zero-order chi connectivity index (χ0) is 26.9. The molecule has 0 bridgehead atoms. The molecule has 1 heterocycles. The first-order valence-electron chi connectivity index (χ1n) is 12.6. The van der Waals surface area contributed by atoms with Gasteiger partial charge in [0.15, 0.2) is 0 Å². The van der Waals surface area contributed by atoms with E-state index in [0.29, 0.717) is 22.6 Å². The van der Waals surface area contributed by atoms with Crippen molar-refractivity contribution >= 4 is 59.0 Å². The molecule has 0 amide bonds. The predicted octanol–water partition coefficient (Wildman–Crippen LogP) is 7.12. The van der Waals surface area contributed by atoms with Gasteiger partial charge in [0.05, 0.1) is 18.3 Å². The van der Waals surface area contributed by atoms with Crippen LogP contribution in [0.15, 0.2) is 93.9 Å². The van der Waals surface area contributed by atoms with E-state index in [4.69, 9.17) is 38.4 Å². The molecule has 3 aromatic carbocycles. The maximum Gasteiger partial charge on any atom is 0.225 e. The minimum atomic E-state index is 0.101. The number of nitrogens with two attached hydrogens (primary N) is 1. The van der Waals surface area contributed by atoms with Gasteiger partial charge >= 0.3 is 0 Å². The van der Waals surface area contributed by atoms with E-state index < -0.39 is 0 Å². The number of aliphatic imine (C=N–C) groups is 1. The first-order chi connectivity index (χ1) is 18.6. The Labute approximate surface area is 243 Å². The molecule has 1 saturated carbocycles. The lowest BCUT2D eigenvalue weighted by Crippen LogP contribution is -2.43. The highest BCUT2D eigenvalue weighted by molar-refractivity contribution is 7.98. The summed E-state index contributed by atoms with van der Waals surface area (Å²) in [6.07, 6.45) is 1.87. The van der Waals surface area contributed by atoms with Crippen LogP contribution >= 0.6 is 47.3 Å². The van der Waals surface area contributed by atoms with Crippen molar-refractivity contribution in [2.24, 2.45) is 15.2 Å². The van der Waals surface area contributed by atoms with Crippen molar-refractivity contribution in [2.75, 3.05) is 6.54 Å². The van der Waals surface area contributed by atoms with Gasteiger partial charge in [0.2, 0.25) is 5.96 Å². The second-order valence-corrected chi connectivity index (χ2v) is 10.9. The standard InChI is InChI=1S/C26H26Cl2N6S2.C2H6/c27-19-8-6-18(7-9-19)25-24(17-4-2-1-3-5-17)16-34(31-25)26(30-21-14-22(15-21)32-36-29)33-35-23-12-10-20(28)11-13-23;1-2/h1-13,21-22,24,32H,14-16,29H2,(H,30,33);1-2H3. The molecule has 1 aliphatic carbocycles. The van der Waals surface area contributed by atoms with Crippen molar-refractivity contribution < 1.29 is 0 Å². The van der Waals surface area contributed by atoms with Gasteiger partial charge < -0.3 is 0 Å². The summed E-state index contributed by atoms with van der Waals surface area (Å²) in [5.41, 5.74) is 3.26. The van der Waals surface area contributed by atoms with Gasteiger partial charge in [-0.3, -0.25) is 9.86 Å². The molecule has 4 N–H and O–H groups in total. The predicted molar refractivity (Wildman–Crippen MR) is 165 cm³/mol. The Morgan fingerprint density at radius 1 is 0.947 bits per heavy atom. The third kappa shape index (κ3) is 7.46. The summed E-state index contributed by atoms with van der Waals surface area (Å²) in [5, 5.41) is 14.1. The largest absolute Gasteiger partial charge is 0.295 e. The highest BCUT2D eigenvalue weighted by Crippen LogP contribution is 2.31. The first kappa shape index (κ1) is 28.8. The van der Waals surface area contributed by atoms with Crippen LogP contribution in [0, 0.1) is 0 Å². The molecule has 5 rings (SSSR count). The maximum atomic E-state index is 6.17. The monoisotopic (exact) mass is 586 g/mol. The van der Waals surface area contributed by atoms with Crippen LogP contribution < -0.4 is 14.6 Å². The molecule has 10 heteroatoms. The molecule has 3 aromatic rings. The van der Waals surface area contributed by atoms with Gasteiger partial charge in [-0.2, -0.15) is 5.10 Å². The molecule has 1 atom stereocenters. The van der Waals surface area contributed by atoms with Gasteiger partial charge in [0.25, 0.3) is 0 Å². The molecule has 38 heavy (non-hydrogen) atoms. The number of hydrogen-bond donors (Lipinski definition) is 3. The van der Waals surface area contributed by atoms with Gasteiger partial charge in [0.1, 0.15) is 0 Å². The van der Waals surface area contributed by atoms with E-state index in [1.54, 1.807) is 0 Å². The van der Waals surface area contributed by atoms with Crippen LogP contribution in [0.5, 0.6) is 0 Å². The second-order valence-electron chi connectivity index (χ2n) is 8.71. The third-order valence-corrected chi connectivity index (χ3v) is 7.99. The number of nitrogens with zero attached hydrogens (tertiary/aromatic N) is 3. The summed E-state index contributed by atoms with van der Waals surface area (Å²) in [4.78, 5) is 6.11. The molecular weight excluding hydrogens is 555 g/mol. The molecule has 1 unspecified atom stereocenters. The molecule has 2 aliphatic rings. The summed E-state index contributed by atoms with van der Waals surface area (Å²) in [6.45, 7) is 4.68. The van der Waals surface area contributed by atoms with Crippen molar-refractivity contribution in [2.45, 2.75) is 49.6 Å². The Kier molecular flexibility index (Phi) is 10.8. The Bertz CT molecular complexity index is 1220. The van der Waals surface area contributed by atoms with Gasteiger partial charge in [-0.15, -0.1) is 0 Å². The average molecular weight is 588 g/mol. The summed E-state index contributed by atoms with van der Waals surface area (Å²) in [7, 11) is 0. The van der Waals surface area contributed by atoms with Crippen molar-refractivity contribution in [3.05, 3.63) is 100 Å². The smallest absolute Gasteiger partial charge is 0.225 e. The number of rotatable bonds is 7. The third-order valence-electron chi connectivity index (χ3n) is 6.23. The van der Waals surface area contributed by atoms with E-state index in [-0.39, 0.29) is 12.0 Å². The summed E-state index contributed by atoms with van der Waals surface area (Å²) in [6, 6.07) is 26.7. The van der Waals surface area contributed by atoms with Crippen LogP contribution in [0.25, 0.3) is 0 Å². The molecule has 200 valence electrons. The van der Waals surface area contributed by atoms with E-state index in [9.17, 15) is 0 Å². The summed E-state index contributed by atoms with van der Waals surface area (Å²) < 4.78 is 6.68. The van der Waals surface area contributed by atoms with Crippen molar-refractivity contribution in [3.63, 3.8) is 0 Å². The molecule has 0 radical (unpaired) electrons. The average Bonchev–Trinajstić information content (AvgIpc) is 3.38. The molecule has 0 aromatic heterocycles. The van der Waals surface area contributed by atoms with Crippen LogP contribution in [0.3, 0.4) is 0 Å². The van der Waals surface area contributed by atoms with E-state index >= 15 is 0 Å². The quantitative estimate of drug-likeness (QED) is 0.155. The summed E-state index contributed by atoms with van der Waals surface area (Å²) >= 11 is 14.9. The zero-order valence-electron chi connectivity index (χ0n) is 21.4. The minimum absolute atomic E-state index is 0.101. The Balaban J connectivity index is 0.00000164. The fraction of sp³-hybridized carbons (Fsp3) is 0.286. The number of hydrogen-bond acceptors (Lipinski definition) is 6. The van der Waals surface area contributed by atoms with Crippen LogP contribution in [0.4, 0.5) is 0 Å². The number of guanidine groups is 1. The number of benzene rings is 3. The molecule has 6 nitrogen and oxygen atoms in total. The van der Waals surface area contributed by atoms with Gasteiger partial charge in [-0.1, -0.05) is 79.5 Å². The van der Waals surface area contributed by atoms with E-state index in [0.717, 1.165) is 35.0 Å². The van der Waals surface area contributed by atoms with E-state index in [2.05, 4.69) is 33.7 Å². The van der Waals surface area contributed by atoms with E-state index in [1.807, 2.05) is 73.5 Å². The fourth-order valence-corrected chi connectivity index (χ4v) is 5.55. The molecular formula is C28H32Cl2N6S2. The summed E-state index contributed by atoms with van der Waals surface area (Å²) in [5.74, 6) is 0.841. The van der Waals surface area contributed by atoms with Gasteiger partial charge in [-0.25, -0.2) is 14.7 Å². The molecule has 0 spiro atoms. The first-order valence-corrected chi connectivity index (χ1v) is 15.1. The van der Waals surface area contributed by atoms with Crippen LogP contribution in [0.2, 0.25) is 10.0 Å². The van der Waals surface area contributed by atoms with Crippen LogP contribution in [-0.4, -0.2) is 35.3 Å². The highest BCUT2D eigenvalue weighted by atomic mass is 35.5. The SMILES string of the molecule is CC.NSNC1CC(N=C(NSc2ccc(Cl)cc2)N2CC(c3ccccc3)C(c3ccc(Cl)cc3)=N2)C1. The van der Waals surface area contributed by atoms with Crippen molar-refractivity contribution in [1.29, 1.82) is 0 Å². The lowest BCUT2D eigenvalue weighted by molar-refractivity contribution is 0.330. The lowest BCUT2D eigenvalue weighted by atomic mass is 9.88. The number of nitrogens with one attached hydrogen (secondary N) is 2. The van der Waals surface area contributed by atoms with Crippen LogP contribution in [0.1, 0.15) is 43.7 Å². The number of halogens is 2. The van der Waals surface area contributed by atoms with Crippen LogP contribution in [-0.2, 0) is 0 Å². The molecule has 1 fully saturated rings. The van der Waals surface area contributed by atoms with Crippen molar-refractivity contribution in [3.8, 4) is 0 Å². The van der Waals surface area contributed by atoms with Crippen molar-refractivity contribution in [1.82, 2.24) is 14.5 Å². The Hall–Kier alpha value is -2.20. The maximum absolute atomic E-state index is 6.17. The zero-order valence-corrected chi connectivity index (χ0v) is 24.5. The Morgan fingerprint density at radius 2 is 1.58 bits per heavy atom. The minimum Gasteiger partial charge on any atom is -0.295 e. The second kappa shape index (κ2) is 14.3. The fourth-order valence-electron chi connectivity index (χ4n) is 4.27. The lowest BCUT2D eigenvalue weighted by Gasteiger charge is -2.33. The Morgan fingerprint density at radius 3 is 2.21 bits per heavy atom. The van der Waals surface area contributed by atoms with E-state index in [1.165, 1.54) is 29.6 Å². The normalized spacial score (nSPS) is 20.8. The van der Waals surface area contributed by atoms with Gasteiger partial charge in [0, 0.05) is 39.0 Å².